The first-order valence-electron chi connectivity index (χ1n) is 6.70. The van der Waals surface area contributed by atoms with Crippen molar-refractivity contribution in [2.75, 3.05) is 5.73 Å². The van der Waals surface area contributed by atoms with E-state index >= 15 is 0 Å². The number of benzene rings is 1. The number of thiazole rings is 1. The lowest BCUT2D eigenvalue weighted by atomic mass is 10.1. The Morgan fingerprint density at radius 2 is 2.32 bits per heavy atom. The van der Waals surface area contributed by atoms with Crippen LogP contribution in [0, 0.1) is 6.92 Å². The molecule has 100 valence electrons. The second kappa shape index (κ2) is 4.94. The monoisotopic (exact) mass is 273 g/mol. The van der Waals surface area contributed by atoms with Gasteiger partial charge in [-0.05, 0) is 49.9 Å². The molecule has 2 unspecified atom stereocenters. The molecule has 1 heterocycles. The van der Waals surface area contributed by atoms with E-state index < -0.39 is 0 Å². The van der Waals surface area contributed by atoms with E-state index in [4.69, 9.17) is 5.73 Å². The molecule has 0 bridgehead atoms. The minimum absolute atomic E-state index is 0.298. The molecule has 3 nitrogen and oxygen atoms in total. The van der Waals surface area contributed by atoms with Crippen LogP contribution in [0.2, 0.25) is 0 Å². The number of rotatable bonds is 3. The van der Waals surface area contributed by atoms with Gasteiger partial charge in [0.25, 0.3) is 0 Å². The minimum Gasteiger partial charge on any atom is -0.399 e. The fraction of sp³-hybridized carbons (Fsp3) is 0.400. The molecule has 1 aromatic carbocycles. The van der Waals surface area contributed by atoms with Crippen molar-refractivity contribution < 1.29 is 0 Å². The summed E-state index contributed by atoms with van der Waals surface area (Å²) in [5, 5.41) is 6.97. The second-order valence-electron chi connectivity index (χ2n) is 5.26. The topological polar surface area (TPSA) is 50.9 Å². The number of hydrogen-bond donors (Lipinski definition) is 2. The summed E-state index contributed by atoms with van der Waals surface area (Å²) < 4.78 is 0. The van der Waals surface area contributed by atoms with E-state index in [0.29, 0.717) is 12.1 Å². The number of nitrogens with one attached hydrogen (secondary N) is 1. The molecule has 4 heteroatoms. The molecule has 1 aliphatic rings. The highest BCUT2D eigenvalue weighted by atomic mass is 32.1. The molecule has 0 radical (unpaired) electrons. The molecule has 19 heavy (non-hydrogen) atoms. The van der Waals surface area contributed by atoms with Gasteiger partial charge >= 0.3 is 0 Å². The van der Waals surface area contributed by atoms with E-state index in [1.807, 2.05) is 13.0 Å². The van der Waals surface area contributed by atoms with E-state index in [-0.39, 0.29) is 0 Å². The van der Waals surface area contributed by atoms with E-state index in [0.717, 1.165) is 24.2 Å². The van der Waals surface area contributed by atoms with E-state index in [9.17, 15) is 0 Å². The number of nitrogen functional groups attached to an aromatic ring is 1. The van der Waals surface area contributed by atoms with Gasteiger partial charge in [0.05, 0.1) is 6.04 Å². The Labute approximate surface area is 117 Å². The number of nitrogens with two attached hydrogens (primary N) is 1. The van der Waals surface area contributed by atoms with Crippen LogP contribution in [0.25, 0.3) is 0 Å². The van der Waals surface area contributed by atoms with Crippen molar-refractivity contribution in [3.05, 3.63) is 45.4 Å². The highest BCUT2D eigenvalue weighted by molar-refractivity contribution is 7.09. The minimum atomic E-state index is 0.298. The highest BCUT2D eigenvalue weighted by Gasteiger charge is 2.24. The summed E-state index contributed by atoms with van der Waals surface area (Å²) in [6, 6.07) is 6.99. The third kappa shape index (κ3) is 2.51. The van der Waals surface area contributed by atoms with Gasteiger partial charge in [0, 0.05) is 22.8 Å². The zero-order chi connectivity index (χ0) is 13.4. The number of nitrogens with zero attached hydrogens (tertiary/aromatic N) is 1. The zero-order valence-electron chi connectivity index (χ0n) is 11.3. The van der Waals surface area contributed by atoms with E-state index in [2.05, 4.69) is 34.7 Å². The van der Waals surface area contributed by atoms with Crippen molar-refractivity contribution >= 4 is 17.0 Å². The third-order valence-corrected chi connectivity index (χ3v) is 4.85. The van der Waals surface area contributed by atoms with Gasteiger partial charge in [-0.2, -0.15) is 0 Å². The van der Waals surface area contributed by atoms with Crippen molar-refractivity contribution in [1.29, 1.82) is 0 Å². The van der Waals surface area contributed by atoms with Crippen LogP contribution in [0.4, 0.5) is 5.69 Å². The lowest BCUT2D eigenvalue weighted by Crippen LogP contribution is -2.22. The lowest BCUT2D eigenvalue weighted by molar-refractivity contribution is 0.463. The summed E-state index contributed by atoms with van der Waals surface area (Å²) in [6.45, 7) is 4.23. The quantitative estimate of drug-likeness (QED) is 0.843. The predicted molar refractivity (Wildman–Crippen MR) is 80.3 cm³/mol. The van der Waals surface area contributed by atoms with Crippen LogP contribution in [0.1, 0.15) is 47.3 Å². The highest BCUT2D eigenvalue weighted by Crippen LogP contribution is 2.34. The average Bonchev–Trinajstić information content (AvgIpc) is 2.96. The van der Waals surface area contributed by atoms with Gasteiger partial charge in [0.15, 0.2) is 0 Å². The van der Waals surface area contributed by atoms with Crippen LogP contribution < -0.4 is 11.1 Å². The van der Waals surface area contributed by atoms with Crippen molar-refractivity contribution in [3.63, 3.8) is 0 Å². The molecule has 0 saturated carbocycles. The molecular weight excluding hydrogens is 254 g/mol. The fourth-order valence-corrected chi connectivity index (χ4v) is 3.57. The summed E-state index contributed by atoms with van der Waals surface area (Å²) in [4.78, 5) is 4.56. The van der Waals surface area contributed by atoms with Crippen LogP contribution in [0.3, 0.4) is 0 Å². The predicted octanol–water partition coefficient (Wildman–Crippen LogP) is 3.37. The van der Waals surface area contributed by atoms with Crippen LogP contribution in [0.15, 0.2) is 23.6 Å². The molecule has 1 aliphatic carbocycles. The first-order chi connectivity index (χ1) is 9.13. The third-order valence-electron chi connectivity index (χ3n) is 3.70. The Hall–Kier alpha value is -1.39. The Kier molecular flexibility index (Phi) is 3.29. The maximum atomic E-state index is 5.84. The smallest absolute Gasteiger partial charge is 0.110 e. The molecule has 0 spiro atoms. The first-order valence-corrected chi connectivity index (χ1v) is 7.58. The van der Waals surface area contributed by atoms with Crippen molar-refractivity contribution in [2.45, 2.75) is 38.8 Å². The molecule has 3 rings (SSSR count). The van der Waals surface area contributed by atoms with Gasteiger partial charge < -0.3 is 11.1 Å². The van der Waals surface area contributed by atoms with Crippen LogP contribution in [-0.4, -0.2) is 4.98 Å². The lowest BCUT2D eigenvalue weighted by Gasteiger charge is -2.19. The fourth-order valence-electron chi connectivity index (χ4n) is 2.75. The second-order valence-corrected chi connectivity index (χ2v) is 6.15. The normalized spacial score (nSPS) is 19.4. The summed E-state index contributed by atoms with van der Waals surface area (Å²) in [6.07, 6.45) is 2.26. The first kappa shape index (κ1) is 12.6. The maximum absolute atomic E-state index is 5.84. The van der Waals surface area contributed by atoms with Gasteiger partial charge in [-0.25, -0.2) is 4.98 Å². The van der Waals surface area contributed by atoms with Crippen molar-refractivity contribution in [1.82, 2.24) is 10.3 Å². The molecule has 0 aliphatic heterocycles. The molecule has 2 aromatic rings. The van der Waals surface area contributed by atoms with Gasteiger partial charge in [-0.1, -0.05) is 6.07 Å². The number of anilines is 1. The number of hydrogen-bond acceptors (Lipinski definition) is 4. The summed E-state index contributed by atoms with van der Waals surface area (Å²) in [7, 11) is 0. The molecule has 0 amide bonds. The van der Waals surface area contributed by atoms with Gasteiger partial charge in [0.2, 0.25) is 0 Å². The van der Waals surface area contributed by atoms with E-state index in [1.165, 1.54) is 16.1 Å². The zero-order valence-corrected chi connectivity index (χ0v) is 12.1. The SMILES string of the molecule is Cc1csc(C(C)NC2CCc3cc(N)ccc32)n1. The molecular formula is C15H19N3S. The molecule has 1 aromatic heterocycles. The number of fused-ring (bicyclic) bond motifs is 1. The molecule has 0 saturated heterocycles. The van der Waals surface area contributed by atoms with Gasteiger partial charge in [-0.3, -0.25) is 0 Å². The van der Waals surface area contributed by atoms with Crippen LogP contribution in [-0.2, 0) is 6.42 Å². The van der Waals surface area contributed by atoms with Crippen LogP contribution >= 0.6 is 11.3 Å². The Morgan fingerprint density at radius 1 is 1.47 bits per heavy atom. The summed E-state index contributed by atoms with van der Waals surface area (Å²) in [5.74, 6) is 0. The van der Waals surface area contributed by atoms with Crippen LogP contribution in [0.5, 0.6) is 0 Å². The standard InChI is InChI=1S/C15H19N3S/c1-9-8-19-15(17-9)10(2)18-14-6-3-11-7-12(16)4-5-13(11)14/h4-5,7-8,10,14,18H,3,6,16H2,1-2H3. The summed E-state index contributed by atoms with van der Waals surface area (Å²) in [5.41, 5.74) is 10.6. The van der Waals surface area contributed by atoms with Gasteiger partial charge in [-0.15, -0.1) is 11.3 Å². The summed E-state index contributed by atoms with van der Waals surface area (Å²) >= 11 is 1.73. The molecule has 0 fully saturated rings. The Bertz CT molecular complexity index is 591. The maximum Gasteiger partial charge on any atom is 0.110 e. The Balaban J connectivity index is 1.76. The average molecular weight is 273 g/mol. The number of aryl methyl sites for hydroxylation is 2. The Morgan fingerprint density at radius 3 is 3.05 bits per heavy atom. The van der Waals surface area contributed by atoms with Gasteiger partial charge in [0.1, 0.15) is 5.01 Å². The number of aromatic nitrogens is 1. The van der Waals surface area contributed by atoms with E-state index in [1.54, 1.807) is 11.3 Å². The molecule has 2 atom stereocenters. The molecule has 3 N–H and O–H groups in total. The largest absolute Gasteiger partial charge is 0.399 e. The van der Waals surface area contributed by atoms with Crippen molar-refractivity contribution in [2.24, 2.45) is 0 Å². The van der Waals surface area contributed by atoms with Crippen molar-refractivity contribution in [3.8, 4) is 0 Å².